The van der Waals surface area contributed by atoms with Crippen molar-refractivity contribution in [2.75, 3.05) is 16.2 Å². The van der Waals surface area contributed by atoms with E-state index in [0.29, 0.717) is 23.5 Å². The highest BCUT2D eigenvalue weighted by Gasteiger charge is 2.29. The zero-order valence-electron chi connectivity index (χ0n) is 19.4. The third kappa shape index (κ3) is 4.98. The van der Waals surface area contributed by atoms with Crippen molar-refractivity contribution in [3.8, 4) is 0 Å². The number of nitrogens with one attached hydrogen (secondary N) is 1. The largest absolute Gasteiger partial charge is 0.452 e. The van der Waals surface area contributed by atoms with E-state index < -0.39 is 45.0 Å². The summed E-state index contributed by atoms with van der Waals surface area (Å²) in [7, 11) is -4.37. The highest BCUT2D eigenvalue weighted by molar-refractivity contribution is 7.99. The molecule has 11 heteroatoms. The third-order valence-corrected chi connectivity index (χ3v) is 8.09. The van der Waals surface area contributed by atoms with Gasteiger partial charge in [0.05, 0.1) is 27.5 Å². The lowest BCUT2D eigenvalue weighted by Gasteiger charge is -2.30. The Balaban J connectivity index is 1.35. The highest BCUT2D eigenvalue weighted by Crippen LogP contribution is 2.47. The number of anilines is 3. The number of halogens is 2. The molecule has 1 heterocycles. The lowest BCUT2D eigenvalue weighted by molar-refractivity contribution is -0.121. The van der Waals surface area contributed by atoms with Crippen molar-refractivity contribution in [2.45, 2.75) is 14.7 Å². The van der Waals surface area contributed by atoms with Gasteiger partial charge in [0.15, 0.2) is 18.2 Å². The number of carbonyl (C=O) groups is 2. The quantitative estimate of drug-likeness (QED) is 0.306. The summed E-state index contributed by atoms with van der Waals surface area (Å²) < 4.78 is 59.8. The van der Waals surface area contributed by atoms with Crippen molar-refractivity contribution < 1.29 is 31.5 Å². The van der Waals surface area contributed by atoms with Gasteiger partial charge in [-0.3, -0.25) is 14.4 Å². The molecule has 4 aromatic carbocycles. The van der Waals surface area contributed by atoms with Gasteiger partial charge in [0, 0.05) is 9.79 Å². The smallest absolute Gasteiger partial charge is 0.340 e. The van der Waals surface area contributed by atoms with E-state index in [4.69, 9.17) is 4.74 Å². The molecule has 5 rings (SSSR count). The second kappa shape index (κ2) is 10.3. The van der Waals surface area contributed by atoms with Crippen LogP contribution in [0.5, 0.6) is 0 Å². The van der Waals surface area contributed by atoms with E-state index >= 15 is 0 Å². The van der Waals surface area contributed by atoms with Gasteiger partial charge in [-0.15, -0.1) is 0 Å². The summed E-state index contributed by atoms with van der Waals surface area (Å²) in [5.41, 5.74) is 0.982. The number of hydrogen-bond donors (Lipinski definition) is 1. The van der Waals surface area contributed by atoms with E-state index in [-0.39, 0.29) is 11.3 Å². The summed E-state index contributed by atoms with van der Waals surface area (Å²) >= 11 is 1.52. The topological polar surface area (TPSA) is 92.8 Å². The molecule has 38 heavy (non-hydrogen) atoms. The van der Waals surface area contributed by atoms with Crippen molar-refractivity contribution in [3.05, 3.63) is 108 Å². The van der Waals surface area contributed by atoms with Gasteiger partial charge in [-0.25, -0.2) is 22.0 Å². The van der Waals surface area contributed by atoms with Crippen LogP contribution in [0.3, 0.4) is 0 Å². The first-order valence-corrected chi connectivity index (χ1v) is 13.5. The number of sulfonamides is 1. The van der Waals surface area contributed by atoms with Gasteiger partial charge < -0.3 is 4.74 Å². The molecule has 0 radical (unpaired) electrons. The summed E-state index contributed by atoms with van der Waals surface area (Å²) in [4.78, 5) is 28.9. The Hall–Kier alpha value is -4.22. The summed E-state index contributed by atoms with van der Waals surface area (Å²) in [6.07, 6.45) is 0. The Morgan fingerprint density at radius 2 is 1.42 bits per heavy atom. The van der Waals surface area contributed by atoms with Gasteiger partial charge in [0.1, 0.15) is 0 Å². The van der Waals surface area contributed by atoms with Crippen LogP contribution in [0.15, 0.2) is 106 Å². The highest BCUT2D eigenvalue weighted by atomic mass is 32.2. The fourth-order valence-electron chi connectivity index (χ4n) is 3.84. The number of benzene rings is 4. The molecule has 4 aromatic rings. The predicted molar refractivity (Wildman–Crippen MR) is 138 cm³/mol. The van der Waals surface area contributed by atoms with E-state index in [1.54, 1.807) is 24.3 Å². The van der Waals surface area contributed by atoms with Crippen LogP contribution >= 0.6 is 11.8 Å². The fraction of sp³-hybridized carbons (Fsp3) is 0.0370. The van der Waals surface area contributed by atoms with E-state index in [1.807, 2.05) is 24.3 Å². The van der Waals surface area contributed by atoms with Crippen molar-refractivity contribution in [1.82, 2.24) is 0 Å². The van der Waals surface area contributed by atoms with Crippen LogP contribution in [0.25, 0.3) is 0 Å². The first kappa shape index (κ1) is 25.4. The number of ether oxygens (including phenoxy) is 1. The summed E-state index contributed by atoms with van der Waals surface area (Å²) in [6.45, 7) is -0.615. The number of para-hydroxylation sites is 3. The molecule has 1 aliphatic heterocycles. The van der Waals surface area contributed by atoms with Crippen molar-refractivity contribution in [3.63, 3.8) is 0 Å². The van der Waals surface area contributed by atoms with Gasteiger partial charge in [-0.05, 0) is 54.6 Å². The van der Waals surface area contributed by atoms with E-state index in [0.717, 1.165) is 15.9 Å². The Kier molecular flexibility index (Phi) is 6.87. The minimum Gasteiger partial charge on any atom is -0.452 e. The Labute approximate surface area is 221 Å². The average molecular weight is 553 g/mol. The van der Waals surface area contributed by atoms with E-state index in [9.17, 15) is 26.8 Å². The maximum Gasteiger partial charge on any atom is 0.340 e. The monoisotopic (exact) mass is 552 g/mol. The second-order valence-electron chi connectivity index (χ2n) is 8.07. The van der Waals surface area contributed by atoms with E-state index in [2.05, 4.69) is 4.72 Å². The minimum absolute atomic E-state index is 0.153. The number of esters is 1. The first-order valence-electron chi connectivity index (χ1n) is 11.2. The number of amides is 1. The zero-order valence-corrected chi connectivity index (χ0v) is 21.1. The lowest BCUT2D eigenvalue weighted by Crippen LogP contribution is -2.32. The normalized spacial score (nSPS) is 12.3. The molecule has 0 unspecified atom stereocenters. The van der Waals surface area contributed by atoms with Crippen LogP contribution in [-0.4, -0.2) is 26.9 Å². The van der Waals surface area contributed by atoms with Gasteiger partial charge in [-0.2, -0.15) is 0 Å². The summed E-state index contributed by atoms with van der Waals surface area (Å²) in [6, 6.07) is 22.4. The molecule has 1 N–H and O–H groups in total. The molecule has 0 aliphatic carbocycles. The van der Waals surface area contributed by atoms with Crippen LogP contribution < -0.4 is 9.62 Å². The minimum atomic E-state index is -4.37. The average Bonchev–Trinajstić information content (AvgIpc) is 2.91. The zero-order chi connectivity index (χ0) is 26.9. The number of hydrogen-bond acceptors (Lipinski definition) is 6. The molecule has 0 aromatic heterocycles. The second-order valence-corrected chi connectivity index (χ2v) is 10.8. The molecule has 0 saturated carbocycles. The number of carbonyl (C=O) groups excluding carboxylic acids is 2. The first-order chi connectivity index (χ1) is 18.2. The van der Waals surface area contributed by atoms with Crippen molar-refractivity contribution in [2.24, 2.45) is 0 Å². The van der Waals surface area contributed by atoms with Gasteiger partial charge in [-0.1, -0.05) is 48.2 Å². The lowest BCUT2D eigenvalue weighted by atomic mass is 10.2. The Morgan fingerprint density at radius 3 is 2.08 bits per heavy atom. The third-order valence-electron chi connectivity index (χ3n) is 5.60. The van der Waals surface area contributed by atoms with Crippen molar-refractivity contribution in [1.29, 1.82) is 0 Å². The molecular weight excluding hydrogens is 534 g/mol. The predicted octanol–water partition coefficient (Wildman–Crippen LogP) is 5.75. The molecule has 0 atom stereocenters. The van der Waals surface area contributed by atoms with Gasteiger partial charge in [0.25, 0.3) is 15.9 Å². The van der Waals surface area contributed by atoms with Crippen LogP contribution in [0.1, 0.15) is 10.4 Å². The fourth-order valence-corrected chi connectivity index (χ4v) is 5.99. The standard InChI is InChI=1S/C27H18F2N2O5S2/c28-19-14-13-17(15-20(19)29)38(34,35)30-21-8-2-1-7-18(21)27(33)36-16-26(32)31-22-9-3-5-11-24(22)37-25-12-6-4-10-23(25)31/h1-15,30H,16H2. The molecule has 0 bridgehead atoms. The molecule has 1 aliphatic rings. The number of fused-ring (bicyclic) bond motifs is 2. The molecule has 1 amide bonds. The van der Waals surface area contributed by atoms with Crippen LogP contribution in [-0.2, 0) is 19.6 Å². The van der Waals surface area contributed by atoms with Crippen LogP contribution in [0.4, 0.5) is 25.8 Å². The van der Waals surface area contributed by atoms with Crippen molar-refractivity contribution >= 4 is 50.7 Å². The van der Waals surface area contributed by atoms with Crippen LogP contribution in [0.2, 0.25) is 0 Å². The number of nitrogens with zero attached hydrogens (tertiary/aromatic N) is 1. The molecule has 192 valence electrons. The van der Waals surface area contributed by atoms with Gasteiger partial charge in [0.2, 0.25) is 0 Å². The molecule has 7 nitrogen and oxygen atoms in total. The van der Waals surface area contributed by atoms with Crippen LogP contribution in [0, 0.1) is 11.6 Å². The number of rotatable bonds is 6. The Morgan fingerprint density at radius 1 is 0.816 bits per heavy atom. The molecule has 0 spiro atoms. The summed E-state index contributed by atoms with van der Waals surface area (Å²) in [5.74, 6) is -3.98. The SMILES string of the molecule is O=C(OCC(=O)N1c2ccccc2Sc2ccccc21)c1ccccc1NS(=O)(=O)c1ccc(F)c(F)c1. The summed E-state index contributed by atoms with van der Waals surface area (Å²) in [5, 5.41) is 0. The maximum absolute atomic E-state index is 13.6. The molecular formula is C27H18F2N2O5S2. The van der Waals surface area contributed by atoms with Gasteiger partial charge >= 0.3 is 5.97 Å². The maximum atomic E-state index is 13.6. The molecule has 0 saturated heterocycles. The Bertz CT molecular complexity index is 1630. The molecule has 0 fully saturated rings. The van der Waals surface area contributed by atoms with E-state index in [1.165, 1.54) is 40.9 Å².